The molecule has 4 nitrogen and oxygen atoms in total. The van der Waals surface area contributed by atoms with Crippen molar-refractivity contribution in [3.8, 4) is 11.1 Å². The highest BCUT2D eigenvalue weighted by atomic mass is 35.5. The highest BCUT2D eigenvalue weighted by Crippen LogP contribution is 2.36. The Labute approximate surface area is 208 Å². The number of halogens is 2. The highest BCUT2D eigenvalue weighted by molar-refractivity contribution is 6.31. The molecule has 3 aromatic carbocycles. The van der Waals surface area contributed by atoms with Crippen LogP contribution in [0.3, 0.4) is 0 Å². The topological polar surface area (TPSA) is 39.8 Å². The van der Waals surface area contributed by atoms with Crippen LogP contribution in [-0.2, 0) is 14.1 Å². The summed E-state index contributed by atoms with van der Waals surface area (Å²) in [5, 5.41) is 2.31. The quantitative estimate of drug-likeness (QED) is 0.281. The van der Waals surface area contributed by atoms with E-state index >= 15 is 0 Å². The average Bonchev–Trinajstić information content (AvgIpc) is 3.15. The fraction of sp³-hybridized carbons (Fsp3) is 0.143. The molecule has 34 heavy (non-hydrogen) atoms. The lowest BCUT2D eigenvalue weighted by Crippen LogP contribution is -2.17. The van der Waals surface area contributed by atoms with Crippen LogP contribution in [0.1, 0.15) is 28.6 Å². The SMILES string of the molecule is Cc1ncc(C(c2ccc(Cl)cc2)c2ccc3c(c2)c(-c2cccc(Cl)c2)cc(=O)n3C)n1C. The third-order valence-electron chi connectivity index (χ3n) is 6.49. The number of aromatic nitrogens is 3. The molecule has 0 saturated heterocycles. The number of hydrogen-bond donors (Lipinski definition) is 0. The van der Waals surface area contributed by atoms with Crippen molar-refractivity contribution < 1.29 is 0 Å². The normalized spacial score (nSPS) is 12.3. The molecule has 0 bridgehead atoms. The highest BCUT2D eigenvalue weighted by Gasteiger charge is 2.22. The van der Waals surface area contributed by atoms with Crippen molar-refractivity contribution in [3.63, 3.8) is 0 Å². The van der Waals surface area contributed by atoms with Crippen LogP contribution < -0.4 is 5.56 Å². The van der Waals surface area contributed by atoms with Gasteiger partial charge in [0, 0.05) is 47.5 Å². The molecule has 0 aliphatic heterocycles. The molecule has 0 aliphatic carbocycles. The van der Waals surface area contributed by atoms with Crippen molar-refractivity contribution in [2.24, 2.45) is 14.1 Å². The van der Waals surface area contributed by atoms with E-state index in [9.17, 15) is 4.79 Å². The van der Waals surface area contributed by atoms with Gasteiger partial charge in [0.05, 0.1) is 11.4 Å². The molecule has 0 aliphatic rings. The Morgan fingerprint density at radius 3 is 2.24 bits per heavy atom. The first-order valence-corrected chi connectivity index (χ1v) is 11.7. The molecular weight excluding hydrogens is 465 g/mol. The van der Waals surface area contributed by atoms with E-state index in [0.717, 1.165) is 44.7 Å². The van der Waals surface area contributed by atoms with Crippen molar-refractivity contribution in [1.29, 1.82) is 0 Å². The molecular formula is C28H23Cl2N3O. The fourth-order valence-corrected chi connectivity index (χ4v) is 4.85. The van der Waals surface area contributed by atoms with E-state index in [4.69, 9.17) is 23.2 Å². The summed E-state index contributed by atoms with van der Waals surface area (Å²) in [5.74, 6) is 0.883. The number of imidazole rings is 1. The smallest absolute Gasteiger partial charge is 0.251 e. The van der Waals surface area contributed by atoms with Crippen molar-refractivity contribution in [2.75, 3.05) is 0 Å². The second-order valence-electron chi connectivity index (χ2n) is 8.52. The van der Waals surface area contributed by atoms with Gasteiger partial charge >= 0.3 is 0 Å². The zero-order chi connectivity index (χ0) is 24.0. The van der Waals surface area contributed by atoms with Gasteiger partial charge in [-0.15, -0.1) is 0 Å². The molecule has 0 fully saturated rings. The van der Waals surface area contributed by atoms with Gasteiger partial charge in [0.2, 0.25) is 0 Å². The Morgan fingerprint density at radius 1 is 0.824 bits per heavy atom. The summed E-state index contributed by atoms with van der Waals surface area (Å²) >= 11 is 12.5. The molecule has 6 heteroatoms. The van der Waals surface area contributed by atoms with Gasteiger partial charge in [0.25, 0.3) is 5.56 Å². The zero-order valence-corrected chi connectivity index (χ0v) is 20.6. The first kappa shape index (κ1) is 22.5. The first-order valence-electron chi connectivity index (χ1n) is 11.0. The van der Waals surface area contributed by atoms with Crippen molar-refractivity contribution >= 4 is 34.1 Å². The monoisotopic (exact) mass is 487 g/mol. The molecule has 0 radical (unpaired) electrons. The summed E-state index contributed by atoms with van der Waals surface area (Å²) in [5.41, 5.74) is 5.85. The summed E-state index contributed by atoms with van der Waals surface area (Å²) in [6.07, 6.45) is 1.93. The molecule has 2 aromatic heterocycles. The summed E-state index contributed by atoms with van der Waals surface area (Å²) in [6, 6.07) is 23.5. The summed E-state index contributed by atoms with van der Waals surface area (Å²) < 4.78 is 3.79. The second kappa shape index (κ2) is 8.79. The van der Waals surface area contributed by atoms with Gasteiger partial charge in [-0.3, -0.25) is 4.79 Å². The van der Waals surface area contributed by atoms with Crippen LogP contribution in [0.25, 0.3) is 22.0 Å². The predicted molar refractivity (Wildman–Crippen MR) is 140 cm³/mol. The minimum Gasteiger partial charge on any atom is -0.334 e. The molecule has 0 N–H and O–H groups in total. The van der Waals surface area contributed by atoms with Gasteiger partial charge in [-0.25, -0.2) is 4.98 Å². The molecule has 2 heterocycles. The lowest BCUT2D eigenvalue weighted by atomic mass is 9.87. The maximum absolute atomic E-state index is 12.8. The molecule has 5 rings (SSSR count). The third-order valence-corrected chi connectivity index (χ3v) is 6.98. The van der Waals surface area contributed by atoms with Gasteiger partial charge in [-0.05, 0) is 65.6 Å². The minimum absolute atomic E-state index is 0.0580. The van der Waals surface area contributed by atoms with E-state index in [0.29, 0.717) is 10.0 Å². The molecule has 170 valence electrons. The fourth-order valence-electron chi connectivity index (χ4n) is 4.53. The summed E-state index contributed by atoms with van der Waals surface area (Å²) in [6.45, 7) is 2.00. The van der Waals surface area contributed by atoms with Crippen LogP contribution in [0, 0.1) is 6.92 Å². The van der Waals surface area contributed by atoms with E-state index in [2.05, 4.69) is 33.8 Å². The van der Waals surface area contributed by atoms with Gasteiger partial charge in [0.15, 0.2) is 0 Å². The Kier molecular flexibility index (Phi) is 5.80. The maximum atomic E-state index is 12.8. The number of pyridine rings is 1. The molecule has 1 unspecified atom stereocenters. The van der Waals surface area contributed by atoms with E-state index in [1.807, 2.05) is 62.6 Å². The number of rotatable bonds is 4. The van der Waals surface area contributed by atoms with Gasteiger partial charge in [-0.1, -0.05) is 53.5 Å². The average molecular weight is 488 g/mol. The molecule has 0 amide bonds. The van der Waals surface area contributed by atoms with Gasteiger partial charge in [0.1, 0.15) is 5.82 Å². The van der Waals surface area contributed by atoms with Crippen molar-refractivity contribution in [3.05, 3.63) is 122 Å². The van der Waals surface area contributed by atoms with Crippen LogP contribution in [0.5, 0.6) is 0 Å². The van der Waals surface area contributed by atoms with Crippen LogP contribution >= 0.6 is 23.2 Å². The number of benzene rings is 3. The lowest BCUT2D eigenvalue weighted by molar-refractivity contribution is 0.767. The summed E-state index contributed by atoms with van der Waals surface area (Å²) in [7, 11) is 3.83. The van der Waals surface area contributed by atoms with Crippen LogP contribution in [0.4, 0.5) is 0 Å². The lowest BCUT2D eigenvalue weighted by Gasteiger charge is -2.21. The van der Waals surface area contributed by atoms with Gasteiger partial charge in [-0.2, -0.15) is 0 Å². The number of nitrogens with zero attached hydrogens (tertiary/aromatic N) is 3. The third kappa shape index (κ3) is 3.93. The van der Waals surface area contributed by atoms with Crippen molar-refractivity contribution in [2.45, 2.75) is 12.8 Å². The Bertz CT molecular complexity index is 1580. The standard InChI is InChI=1S/C28H23Cl2N3O/c1-17-31-16-26(32(17)2)28(18-7-10-21(29)11-8-18)20-9-12-25-24(14-20)23(15-27(34)33(25)3)19-5-4-6-22(30)13-19/h4-16,28H,1-3H3. The van der Waals surface area contributed by atoms with E-state index in [1.54, 1.807) is 17.7 Å². The molecule has 0 spiro atoms. The van der Waals surface area contributed by atoms with Crippen LogP contribution in [-0.4, -0.2) is 14.1 Å². The number of hydrogen-bond acceptors (Lipinski definition) is 2. The minimum atomic E-state index is -0.0632. The second-order valence-corrected chi connectivity index (χ2v) is 9.39. The van der Waals surface area contributed by atoms with Gasteiger partial charge < -0.3 is 9.13 Å². The maximum Gasteiger partial charge on any atom is 0.251 e. The Hall–Kier alpha value is -3.34. The molecule has 1 atom stereocenters. The van der Waals surface area contributed by atoms with E-state index in [-0.39, 0.29) is 11.5 Å². The van der Waals surface area contributed by atoms with E-state index in [1.165, 1.54) is 0 Å². The Balaban J connectivity index is 1.80. The molecule has 5 aromatic rings. The number of aryl methyl sites for hydroxylation is 2. The zero-order valence-electron chi connectivity index (χ0n) is 19.1. The van der Waals surface area contributed by atoms with E-state index < -0.39 is 0 Å². The number of fused-ring (bicyclic) bond motifs is 1. The Morgan fingerprint density at radius 2 is 1.56 bits per heavy atom. The van der Waals surface area contributed by atoms with Crippen LogP contribution in [0.15, 0.2) is 83.8 Å². The van der Waals surface area contributed by atoms with Crippen LogP contribution in [0.2, 0.25) is 10.0 Å². The largest absolute Gasteiger partial charge is 0.334 e. The summed E-state index contributed by atoms with van der Waals surface area (Å²) in [4.78, 5) is 17.3. The van der Waals surface area contributed by atoms with Crippen molar-refractivity contribution in [1.82, 2.24) is 14.1 Å². The predicted octanol–water partition coefficient (Wildman–Crippen LogP) is 6.73. The molecule has 0 saturated carbocycles. The first-order chi connectivity index (χ1) is 16.3.